The van der Waals surface area contributed by atoms with E-state index in [1.807, 2.05) is 32.0 Å². The summed E-state index contributed by atoms with van der Waals surface area (Å²) in [6.45, 7) is 3.57. The highest BCUT2D eigenvalue weighted by Gasteiger charge is 2.39. The second kappa shape index (κ2) is 7.13. The number of hydrogen-bond donors (Lipinski definition) is 1. The zero-order chi connectivity index (χ0) is 18.9. The number of rotatable bonds is 3. The molecule has 1 aromatic heterocycles. The third-order valence-electron chi connectivity index (χ3n) is 4.74. The van der Waals surface area contributed by atoms with E-state index in [4.69, 9.17) is 0 Å². The summed E-state index contributed by atoms with van der Waals surface area (Å²) in [5, 5.41) is 6.55. The van der Waals surface area contributed by atoms with Crippen LogP contribution < -0.4 is 5.32 Å². The molecular formula is C19H22F3N3O. The molecule has 0 bridgehead atoms. The maximum Gasteiger partial charge on any atom is 0.435 e. The van der Waals surface area contributed by atoms with Gasteiger partial charge in [0.1, 0.15) is 6.54 Å². The summed E-state index contributed by atoms with van der Waals surface area (Å²) in [5.74, 6) is -0.373. The van der Waals surface area contributed by atoms with Crippen molar-refractivity contribution in [2.45, 2.75) is 58.7 Å². The minimum atomic E-state index is -4.50. The zero-order valence-electron chi connectivity index (χ0n) is 14.9. The molecule has 0 unspecified atom stereocenters. The Morgan fingerprint density at radius 3 is 2.65 bits per heavy atom. The number of anilines is 1. The number of fused-ring (bicyclic) bond motifs is 1. The molecule has 140 valence electrons. The number of nitrogens with one attached hydrogen (secondary N) is 1. The number of amides is 1. The number of alkyl halides is 3. The Hall–Kier alpha value is -2.31. The molecule has 0 saturated heterocycles. The molecule has 1 heterocycles. The molecule has 1 amide bonds. The highest BCUT2D eigenvalue weighted by Crippen LogP contribution is 2.35. The molecule has 0 saturated carbocycles. The lowest BCUT2D eigenvalue weighted by Gasteiger charge is -2.11. The van der Waals surface area contributed by atoms with Crippen molar-refractivity contribution in [3.05, 3.63) is 46.3 Å². The van der Waals surface area contributed by atoms with Crippen LogP contribution in [0.2, 0.25) is 0 Å². The zero-order valence-corrected chi connectivity index (χ0v) is 14.9. The lowest BCUT2D eigenvalue weighted by Crippen LogP contribution is -2.22. The summed E-state index contributed by atoms with van der Waals surface area (Å²) < 4.78 is 41.2. The number of aromatic nitrogens is 2. The van der Waals surface area contributed by atoms with Crippen molar-refractivity contribution >= 4 is 11.6 Å². The summed E-state index contributed by atoms with van der Waals surface area (Å²) in [4.78, 5) is 12.4. The highest BCUT2D eigenvalue weighted by molar-refractivity contribution is 5.91. The second-order valence-corrected chi connectivity index (χ2v) is 6.86. The molecule has 3 rings (SSSR count). The van der Waals surface area contributed by atoms with Crippen LogP contribution in [0.25, 0.3) is 0 Å². The standard InChI is InChI=1S/C19H22F3N3O/c1-12-8-9-13(2)15(10-12)23-17(26)11-25-16-7-5-3-4-6-14(16)18(24-25)19(20,21)22/h8-10H,3-7,11H2,1-2H3,(H,23,26). The molecule has 4 nitrogen and oxygen atoms in total. The van der Waals surface area contributed by atoms with Crippen LogP contribution in [0.3, 0.4) is 0 Å². The van der Waals surface area contributed by atoms with Gasteiger partial charge in [0.2, 0.25) is 5.91 Å². The van der Waals surface area contributed by atoms with Gasteiger partial charge in [0.25, 0.3) is 0 Å². The molecule has 26 heavy (non-hydrogen) atoms. The van der Waals surface area contributed by atoms with E-state index in [9.17, 15) is 18.0 Å². The van der Waals surface area contributed by atoms with Crippen molar-refractivity contribution in [1.29, 1.82) is 0 Å². The van der Waals surface area contributed by atoms with Gasteiger partial charge in [-0.15, -0.1) is 0 Å². The number of benzene rings is 1. The van der Waals surface area contributed by atoms with Gasteiger partial charge in [-0.1, -0.05) is 18.6 Å². The van der Waals surface area contributed by atoms with E-state index in [2.05, 4.69) is 10.4 Å². The topological polar surface area (TPSA) is 46.9 Å². The van der Waals surface area contributed by atoms with Gasteiger partial charge < -0.3 is 5.32 Å². The van der Waals surface area contributed by atoms with Crippen LogP contribution in [0.4, 0.5) is 18.9 Å². The van der Waals surface area contributed by atoms with Gasteiger partial charge in [-0.3, -0.25) is 9.48 Å². The molecule has 1 aliphatic carbocycles. The van der Waals surface area contributed by atoms with Gasteiger partial charge in [-0.2, -0.15) is 18.3 Å². The lowest BCUT2D eigenvalue weighted by atomic mass is 10.1. The first-order chi connectivity index (χ1) is 12.3. The van der Waals surface area contributed by atoms with Gasteiger partial charge >= 0.3 is 6.18 Å². The van der Waals surface area contributed by atoms with E-state index in [-0.39, 0.29) is 18.0 Å². The van der Waals surface area contributed by atoms with Crippen LogP contribution in [-0.4, -0.2) is 15.7 Å². The van der Waals surface area contributed by atoms with E-state index >= 15 is 0 Å². The molecular weight excluding hydrogens is 343 g/mol. The average Bonchev–Trinajstić information content (AvgIpc) is 2.74. The fourth-order valence-electron chi connectivity index (χ4n) is 3.40. The quantitative estimate of drug-likeness (QED) is 0.818. The molecule has 0 radical (unpaired) electrons. The lowest BCUT2D eigenvalue weighted by molar-refractivity contribution is -0.142. The number of nitrogens with zero attached hydrogens (tertiary/aromatic N) is 2. The van der Waals surface area contributed by atoms with Crippen LogP contribution in [-0.2, 0) is 30.4 Å². The number of aryl methyl sites for hydroxylation is 2. The molecule has 1 aliphatic rings. The number of hydrogen-bond acceptors (Lipinski definition) is 2. The summed E-state index contributed by atoms with van der Waals surface area (Å²) in [6.07, 6.45) is -1.19. The van der Waals surface area contributed by atoms with Crippen LogP contribution in [0.5, 0.6) is 0 Å². The van der Waals surface area contributed by atoms with Gasteiger partial charge in [-0.05, 0) is 56.7 Å². The Labute approximate surface area is 150 Å². The van der Waals surface area contributed by atoms with E-state index in [1.165, 1.54) is 4.68 Å². The van der Waals surface area contributed by atoms with Crippen molar-refractivity contribution in [2.24, 2.45) is 0 Å². The molecule has 0 atom stereocenters. The normalized spacial score (nSPS) is 14.7. The van der Waals surface area contributed by atoms with Gasteiger partial charge in [0.05, 0.1) is 0 Å². The molecule has 0 aliphatic heterocycles. The van der Waals surface area contributed by atoms with E-state index in [1.54, 1.807) is 0 Å². The maximum absolute atomic E-state index is 13.3. The van der Waals surface area contributed by atoms with Crippen LogP contribution in [0.1, 0.15) is 47.3 Å². The number of carbonyl (C=O) groups excluding carboxylic acids is 1. The fourth-order valence-corrected chi connectivity index (χ4v) is 3.40. The molecule has 7 heteroatoms. The SMILES string of the molecule is Cc1ccc(C)c(NC(=O)Cn2nc(C(F)(F)F)c3c2CCCCC3)c1. The van der Waals surface area contributed by atoms with Crippen molar-refractivity contribution in [3.8, 4) is 0 Å². The van der Waals surface area contributed by atoms with Gasteiger partial charge in [0.15, 0.2) is 5.69 Å². The molecule has 0 fully saturated rings. The third-order valence-corrected chi connectivity index (χ3v) is 4.74. The fraction of sp³-hybridized carbons (Fsp3) is 0.474. The predicted octanol–water partition coefficient (Wildman–Crippen LogP) is 4.43. The van der Waals surface area contributed by atoms with Crippen molar-refractivity contribution < 1.29 is 18.0 Å². The largest absolute Gasteiger partial charge is 0.435 e. The Bertz CT molecular complexity index is 824. The van der Waals surface area contributed by atoms with E-state index in [0.29, 0.717) is 24.2 Å². The first-order valence-electron chi connectivity index (χ1n) is 8.78. The molecule has 1 aromatic carbocycles. The third kappa shape index (κ3) is 3.92. The van der Waals surface area contributed by atoms with Gasteiger partial charge in [-0.25, -0.2) is 0 Å². The summed E-state index contributed by atoms with van der Waals surface area (Å²) in [5.41, 5.74) is 2.54. The summed E-state index contributed by atoms with van der Waals surface area (Å²) >= 11 is 0. The van der Waals surface area contributed by atoms with E-state index < -0.39 is 11.9 Å². The summed E-state index contributed by atoms with van der Waals surface area (Å²) in [6, 6.07) is 5.68. The smallest absolute Gasteiger partial charge is 0.324 e. The Balaban J connectivity index is 1.86. The van der Waals surface area contributed by atoms with Crippen molar-refractivity contribution in [1.82, 2.24) is 9.78 Å². The Morgan fingerprint density at radius 2 is 1.92 bits per heavy atom. The maximum atomic E-state index is 13.3. The number of halogens is 3. The minimum Gasteiger partial charge on any atom is -0.324 e. The molecule has 0 spiro atoms. The highest BCUT2D eigenvalue weighted by atomic mass is 19.4. The van der Waals surface area contributed by atoms with Crippen LogP contribution in [0.15, 0.2) is 18.2 Å². The Kier molecular flexibility index (Phi) is 5.07. The summed E-state index contributed by atoms with van der Waals surface area (Å²) in [7, 11) is 0. The molecule has 2 aromatic rings. The number of carbonyl (C=O) groups is 1. The van der Waals surface area contributed by atoms with Crippen LogP contribution in [0, 0.1) is 13.8 Å². The minimum absolute atomic E-state index is 0.216. The predicted molar refractivity (Wildman–Crippen MR) is 93.0 cm³/mol. The second-order valence-electron chi connectivity index (χ2n) is 6.86. The average molecular weight is 365 g/mol. The van der Waals surface area contributed by atoms with Crippen molar-refractivity contribution in [2.75, 3.05) is 5.32 Å². The van der Waals surface area contributed by atoms with Crippen molar-refractivity contribution in [3.63, 3.8) is 0 Å². The van der Waals surface area contributed by atoms with E-state index in [0.717, 1.165) is 30.4 Å². The first kappa shape index (κ1) is 18.5. The van der Waals surface area contributed by atoms with Gasteiger partial charge in [0, 0.05) is 16.9 Å². The molecule has 1 N–H and O–H groups in total. The monoisotopic (exact) mass is 365 g/mol. The Morgan fingerprint density at radius 1 is 1.19 bits per heavy atom. The van der Waals surface area contributed by atoms with Crippen LogP contribution >= 0.6 is 0 Å². The first-order valence-corrected chi connectivity index (χ1v) is 8.78.